The molecule has 6 atom stereocenters. The molecule has 58 heavy (non-hydrogen) atoms. The smallest absolute Gasteiger partial charge is 0.238 e. The SMILES string of the molecule is CC(C)[C@H](NS(=O)(=O)CCc1ccccn1)C(=O)N[C@@H](Cc1ccccc1)[C@@H](O)[C@H](O)[C@H](Cc1ccccc1)NC(=O)[C@@H](NS(=O)(=O)CCc1ccccn1)C(C)C. The van der Waals surface area contributed by atoms with Gasteiger partial charge in [-0.15, -0.1) is 0 Å². The third-order valence-corrected chi connectivity index (χ3v) is 12.4. The fraction of sp³-hybridized carbons (Fsp3) is 0.429. The van der Waals surface area contributed by atoms with Crippen LogP contribution in [0.1, 0.15) is 50.2 Å². The summed E-state index contributed by atoms with van der Waals surface area (Å²) >= 11 is 0. The Kier molecular flexibility index (Phi) is 17.5. The highest BCUT2D eigenvalue weighted by Gasteiger charge is 2.38. The number of carbonyl (C=O) groups excluding carboxylic acids is 2. The number of nitrogens with zero attached hydrogens (tertiary/aromatic N) is 2. The lowest BCUT2D eigenvalue weighted by atomic mass is 9.90. The number of nitrogens with one attached hydrogen (secondary N) is 4. The van der Waals surface area contributed by atoms with Gasteiger partial charge in [0.25, 0.3) is 0 Å². The molecule has 0 bridgehead atoms. The number of aliphatic hydroxyl groups is 2. The first-order valence-electron chi connectivity index (χ1n) is 19.4. The highest BCUT2D eigenvalue weighted by Crippen LogP contribution is 2.17. The fourth-order valence-electron chi connectivity index (χ4n) is 6.33. The Labute approximate surface area is 342 Å². The van der Waals surface area contributed by atoms with Gasteiger partial charge in [-0.05, 0) is 60.1 Å². The van der Waals surface area contributed by atoms with Gasteiger partial charge in [0.05, 0.1) is 23.6 Å². The van der Waals surface area contributed by atoms with E-state index in [9.17, 15) is 36.6 Å². The Morgan fingerprint density at radius 2 is 0.897 bits per heavy atom. The molecule has 0 saturated heterocycles. The average molecular weight is 837 g/mol. The third-order valence-electron chi connectivity index (χ3n) is 9.64. The van der Waals surface area contributed by atoms with Crippen LogP contribution in [0.3, 0.4) is 0 Å². The molecule has 6 N–H and O–H groups in total. The van der Waals surface area contributed by atoms with Crippen molar-refractivity contribution >= 4 is 31.9 Å². The van der Waals surface area contributed by atoms with Crippen molar-refractivity contribution in [2.24, 2.45) is 11.8 Å². The zero-order valence-electron chi connectivity index (χ0n) is 33.3. The number of amides is 2. The molecule has 0 fully saturated rings. The van der Waals surface area contributed by atoms with Gasteiger partial charge in [0.15, 0.2) is 0 Å². The van der Waals surface area contributed by atoms with Crippen LogP contribution in [0.15, 0.2) is 109 Å². The van der Waals surface area contributed by atoms with Gasteiger partial charge < -0.3 is 20.8 Å². The van der Waals surface area contributed by atoms with Crippen molar-refractivity contribution in [2.75, 3.05) is 11.5 Å². The second kappa shape index (κ2) is 22.0. The van der Waals surface area contributed by atoms with Crippen LogP contribution in [-0.4, -0.2) is 96.7 Å². The number of hydrogen-bond acceptors (Lipinski definition) is 10. The molecule has 4 aromatic rings. The van der Waals surface area contributed by atoms with E-state index in [0.29, 0.717) is 22.5 Å². The summed E-state index contributed by atoms with van der Waals surface area (Å²) in [5.74, 6) is -3.06. The molecule has 2 aromatic carbocycles. The van der Waals surface area contributed by atoms with Gasteiger partial charge in [-0.3, -0.25) is 19.6 Å². The van der Waals surface area contributed by atoms with E-state index >= 15 is 0 Å². The molecule has 0 spiro atoms. The highest BCUT2D eigenvalue weighted by molar-refractivity contribution is 7.89. The van der Waals surface area contributed by atoms with Gasteiger partial charge in [-0.2, -0.15) is 0 Å². The molecule has 4 rings (SSSR count). The van der Waals surface area contributed by atoms with Gasteiger partial charge in [0, 0.05) is 36.6 Å². The minimum absolute atomic E-state index is 0.0404. The number of sulfonamides is 2. The minimum Gasteiger partial charge on any atom is -0.388 e. The summed E-state index contributed by atoms with van der Waals surface area (Å²) in [6.07, 6.45) is 0.0826. The van der Waals surface area contributed by atoms with Crippen molar-refractivity contribution in [3.63, 3.8) is 0 Å². The number of aromatic nitrogens is 2. The molecule has 0 aliphatic rings. The van der Waals surface area contributed by atoms with Gasteiger partial charge in [-0.25, -0.2) is 26.3 Å². The summed E-state index contributed by atoms with van der Waals surface area (Å²) in [5.41, 5.74) is 2.57. The number of aryl methyl sites for hydroxylation is 2. The molecular formula is C42H56N6O8S2. The van der Waals surface area contributed by atoms with E-state index < -0.39 is 80.1 Å². The molecule has 16 heteroatoms. The maximum absolute atomic E-state index is 14.0. The van der Waals surface area contributed by atoms with Crippen LogP contribution in [0, 0.1) is 11.8 Å². The molecule has 14 nitrogen and oxygen atoms in total. The van der Waals surface area contributed by atoms with Crippen LogP contribution >= 0.6 is 0 Å². The number of pyridine rings is 2. The van der Waals surface area contributed by atoms with Crippen LogP contribution in [-0.2, 0) is 55.3 Å². The van der Waals surface area contributed by atoms with Crippen molar-refractivity contribution in [1.82, 2.24) is 30.0 Å². The number of aliphatic hydroxyl groups excluding tert-OH is 2. The van der Waals surface area contributed by atoms with Gasteiger partial charge in [0.2, 0.25) is 31.9 Å². The maximum Gasteiger partial charge on any atom is 0.238 e. The van der Waals surface area contributed by atoms with Crippen LogP contribution in [0.4, 0.5) is 0 Å². The highest BCUT2D eigenvalue weighted by atomic mass is 32.2. The molecule has 2 heterocycles. The molecule has 0 aliphatic heterocycles. The predicted molar refractivity (Wildman–Crippen MR) is 223 cm³/mol. The first-order valence-corrected chi connectivity index (χ1v) is 22.7. The summed E-state index contributed by atoms with van der Waals surface area (Å²) in [6, 6.07) is 23.5. The van der Waals surface area contributed by atoms with Crippen LogP contribution in [0.5, 0.6) is 0 Å². The number of benzene rings is 2. The van der Waals surface area contributed by atoms with Crippen molar-refractivity contribution in [2.45, 2.75) is 89.8 Å². The fourth-order valence-corrected chi connectivity index (χ4v) is 9.05. The number of hydrogen-bond donors (Lipinski definition) is 6. The number of rotatable bonds is 23. The predicted octanol–water partition coefficient (Wildman–Crippen LogP) is 2.33. The summed E-state index contributed by atoms with van der Waals surface area (Å²) < 4.78 is 57.8. The van der Waals surface area contributed by atoms with Crippen molar-refractivity contribution < 1.29 is 36.6 Å². The molecule has 0 aliphatic carbocycles. The molecule has 2 aromatic heterocycles. The first-order chi connectivity index (χ1) is 27.5. The Hall–Kier alpha value is -4.58. The van der Waals surface area contributed by atoms with E-state index in [2.05, 4.69) is 30.0 Å². The molecule has 0 unspecified atom stereocenters. The summed E-state index contributed by atoms with van der Waals surface area (Å²) in [5, 5.41) is 29.5. The van der Waals surface area contributed by atoms with E-state index in [1.54, 1.807) is 137 Å². The Morgan fingerprint density at radius 1 is 0.552 bits per heavy atom. The summed E-state index contributed by atoms with van der Waals surface area (Å²) in [7, 11) is -7.94. The molecule has 2 amide bonds. The largest absolute Gasteiger partial charge is 0.388 e. The quantitative estimate of drug-likeness (QED) is 0.0641. The molecular weight excluding hydrogens is 781 g/mol. The van der Waals surface area contributed by atoms with E-state index in [-0.39, 0.29) is 37.2 Å². The van der Waals surface area contributed by atoms with Gasteiger partial charge in [0.1, 0.15) is 24.3 Å². The second-order valence-electron chi connectivity index (χ2n) is 15.0. The molecule has 0 saturated carbocycles. The van der Waals surface area contributed by atoms with Crippen molar-refractivity contribution in [3.8, 4) is 0 Å². The lowest BCUT2D eigenvalue weighted by molar-refractivity contribution is -0.129. The van der Waals surface area contributed by atoms with Crippen LogP contribution in [0.25, 0.3) is 0 Å². The van der Waals surface area contributed by atoms with Gasteiger partial charge >= 0.3 is 0 Å². The third kappa shape index (κ3) is 15.0. The van der Waals surface area contributed by atoms with Crippen molar-refractivity contribution in [1.29, 1.82) is 0 Å². The minimum atomic E-state index is -3.97. The maximum atomic E-state index is 14.0. The topological polar surface area (TPSA) is 217 Å². The second-order valence-corrected chi connectivity index (χ2v) is 18.8. The zero-order chi connectivity index (χ0) is 42.3. The Bertz CT molecular complexity index is 1930. The lowest BCUT2D eigenvalue weighted by Crippen LogP contribution is -2.61. The average Bonchev–Trinajstić information content (AvgIpc) is 3.21. The van der Waals surface area contributed by atoms with Crippen molar-refractivity contribution in [3.05, 3.63) is 132 Å². The first kappa shape index (κ1) is 46.1. The van der Waals surface area contributed by atoms with E-state index in [1.165, 1.54) is 0 Å². The monoisotopic (exact) mass is 836 g/mol. The summed E-state index contributed by atoms with van der Waals surface area (Å²) in [4.78, 5) is 36.3. The Morgan fingerprint density at radius 3 is 1.21 bits per heavy atom. The van der Waals surface area contributed by atoms with E-state index in [1.807, 2.05) is 0 Å². The summed E-state index contributed by atoms with van der Waals surface area (Å²) in [6.45, 7) is 6.75. The molecule has 314 valence electrons. The zero-order valence-corrected chi connectivity index (χ0v) is 34.9. The van der Waals surface area contributed by atoms with E-state index in [0.717, 1.165) is 0 Å². The Balaban J connectivity index is 1.57. The molecule has 0 radical (unpaired) electrons. The van der Waals surface area contributed by atoms with E-state index in [4.69, 9.17) is 0 Å². The van der Waals surface area contributed by atoms with Crippen LogP contribution in [0.2, 0.25) is 0 Å². The standard InChI is InChI=1S/C42H56N6O8S2/c1-29(2)37(47-57(53,54)25-21-33-19-11-13-23-43-33)41(51)45-35(27-31-15-7-5-8-16-31)39(49)40(50)36(28-32-17-9-6-10-18-32)46-42(52)38(30(3)4)48-58(55,56)26-22-34-20-12-14-24-44-34/h5-20,23-24,29-30,35-40,47-50H,21-22,25-28H2,1-4H3,(H,45,51)(H,46,52)/t35-,36-,37-,38-,39+,40+/m0/s1. The normalized spacial score (nSPS) is 15.2. The number of carbonyl (C=O) groups is 2. The van der Waals surface area contributed by atoms with Crippen LogP contribution < -0.4 is 20.1 Å². The van der Waals surface area contributed by atoms with Gasteiger partial charge in [-0.1, -0.05) is 100 Å². The lowest BCUT2D eigenvalue weighted by Gasteiger charge is -2.35.